The molecule has 1 amide bonds. The summed E-state index contributed by atoms with van der Waals surface area (Å²) in [5, 5.41) is 1.08. The Labute approximate surface area is 181 Å². The molecule has 1 aromatic heterocycles. The number of nitrogens with two attached hydrogens (primary N) is 1. The number of allylic oxidation sites excluding steroid dienone is 1. The first-order chi connectivity index (χ1) is 15.1. The largest absolute Gasteiger partial charge is 0.366 e. The van der Waals surface area contributed by atoms with Crippen LogP contribution >= 0.6 is 0 Å². The molecule has 3 aromatic rings. The zero-order chi connectivity index (χ0) is 21.4. The van der Waals surface area contributed by atoms with E-state index in [4.69, 9.17) is 5.73 Å². The van der Waals surface area contributed by atoms with Crippen LogP contribution in [0.25, 0.3) is 22.0 Å². The van der Waals surface area contributed by atoms with Crippen molar-refractivity contribution in [1.29, 1.82) is 0 Å². The SMILES string of the molecule is NC(=O)c1ccc2c(c1)CCC=C2CCN1CC=C(c2c[nH]c3cc(F)ccc23)CC1. The third kappa shape index (κ3) is 3.93. The molecule has 3 N–H and O–H groups in total. The molecule has 0 saturated heterocycles. The Morgan fingerprint density at radius 2 is 2.00 bits per heavy atom. The van der Waals surface area contributed by atoms with Gasteiger partial charge in [0, 0.05) is 47.9 Å². The topological polar surface area (TPSA) is 62.1 Å². The zero-order valence-electron chi connectivity index (χ0n) is 17.5. The van der Waals surface area contributed by atoms with Crippen molar-refractivity contribution >= 4 is 28.0 Å². The maximum Gasteiger partial charge on any atom is 0.248 e. The molecule has 2 aliphatic rings. The Hall–Kier alpha value is -3.18. The summed E-state index contributed by atoms with van der Waals surface area (Å²) < 4.78 is 13.5. The van der Waals surface area contributed by atoms with Crippen LogP contribution in [0.4, 0.5) is 4.39 Å². The predicted octanol–water partition coefficient (Wildman–Crippen LogP) is 4.91. The molecule has 2 aromatic carbocycles. The number of aryl methyl sites for hydroxylation is 1. The molecule has 0 atom stereocenters. The number of H-pyrrole nitrogens is 1. The average Bonchev–Trinajstić information content (AvgIpc) is 3.20. The lowest BCUT2D eigenvalue weighted by Crippen LogP contribution is -2.29. The van der Waals surface area contributed by atoms with E-state index in [0.29, 0.717) is 5.56 Å². The van der Waals surface area contributed by atoms with Crippen molar-refractivity contribution < 1.29 is 9.18 Å². The smallest absolute Gasteiger partial charge is 0.248 e. The summed E-state index contributed by atoms with van der Waals surface area (Å²) in [6.07, 6.45) is 10.6. The standard InChI is InChI=1S/C26H26FN3O/c27-21-5-7-23-24(16-29-25(23)15-21)18-9-12-30(13-10-18)11-8-17-2-1-3-19-14-20(26(28)31)4-6-22(17)19/h2,4-7,9,14-16,29H,1,3,8,10-13H2,(H2,28,31). The fourth-order valence-electron chi connectivity index (χ4n) is 4.82. The van der Waals surface area contributed by atoms with Gasteiger partial charge in [0.1, 0.15) is 5.82 Å². The lowest BCUT2D eigenvalue weighted by atomic mass is 9.87. The van der Waals surface area contributed by atoms with Crippen LogP contribution in [-0.2, 0) is 6.42 Å². The van der Waals surface area contributed by atoms with Gasteiger partial charge in [0.25, 0.3) is 0 Å². The maximum atomic E-state index is 13.5. The molecule has 0 bridgehead atoms. The second kappa shape index (κ2) is 8.16. The molecule has 0 saturated carbocycles. The number of nitrogens with one attached hydrogen (secondary N) is 1. The van der Waals surface area contributed by atoms with Crippen molar-refractivity contribution in [2.24, 2.45) is 5.73 Å². The lowest BCUT2D eigenvalue weighted by molar-refractivity contribution is 0.1000. The van der Waals surface area contributed by atoms with E-state index in [1.165, 1.54) is 33.9 Å². The molecule has 5 heteroatoms. The van der Waals surface area contributed by atoms with Crippen LogP contribution in [-0.4, -0.2) is 35.4 Å². The number of carbonyl (C=O) groups is 1. The normalized spacial score (nSPS) is 16.7. The van der Waals surface area contributed by atoms with Crippen molar-refractivity contribution in [1.82, 2.24) is 9.88 Å². The number of benzene rings is 2. The minimum Gasteiger partial charge on any atom is -0.366 e. The highest BCUT2D eigenvalue weighted by Gasteiger charge is 2.18. The van der Waals surface area contributed by atoms with Crippen molar-refractivity contribution in [2.45, 2.75) is 25.7 Å². The van der Waals surface area contributed by atoms with Gasteiger partial charge in [0.05, 0.1) is 0 Å². The van der Waals surface area contributed by atoms with Crippen LogP contribution in [0, 0.1) is 5.82 Å². The number of carbonyl (C=O) groups excluding carboxylic acids is 1. The third-order valence-electron chi connectivity index (χ3n) is 6.52. The summed E-state index contributed by atoms with van der Waals surface area (Å²) in [4.78, 5) is 17.1. The number of primary amides is 1. The molecule has 2 heterocycles. The maximum absolute atomic E-state index is 13.5. The van der Waals surface area contributed by atoms with Gasteiger partial charge in [0.15, 0.2) is 0 Å². The first-order valence-electron chi connectivity index (χ1n) is 10.9. The summed E-state index contributed by atoms with van der Waals surface area (Å²) in [7, 11) is 0. The Balaban J connectivity index is 1.25. The highest BCUT2D eigenvalue weighted by atomic mass is 19.1. The second-order valence-electron chi connectivity index (χ2n) is 8.43. The Morgan fingerprint density at radius 1 is 1.10 bits per heavy atom. The molecule has 1 aliphatic heterocycles. The van der Waals surface area contributed by atoms with E-state index < -0.39 is 0 Å². The van der Waals surface area contributed by atoms with Gasteiger partial charge < -0.3 is 10.7 Å². The molecule has 0 spiro atoms. The van der Waals surface area contributed by atoms with Crippen LogP contribution in [0.2, 0.25) is 0 Å². The van der Waals surface area contributed by atoms with Gasteiger partial charge in [-0.3, -0.25) is 9.69 Å². The molecule has 31 heavy (non-hydrogen) atoms. The van der Waals surface area contributed by atoms with Gasteiger partial charge in [-0.2, -0.15) is 0 Å². The van der Waals surface area contributed by atoms with Crippen LogP contribution in [0.5, 0.6) is 0 Å². The Bertz CT molecular complexity index is 1220. The first-order valence-corrected chi connectivity index (χ1v) is 10.9. The minimum absolute atomic E-state index is 0.214. The van der Waals surface area contributed by atoms with Crippen LogP contribution in [0.1, 0.15) is 46.3 Å². The van der Waals surface area contributed by atoms with Gasteiger partial charge in [0.2, 0.25) is 5.91 Å². The van der Waals surface area contributed by atoms with E-state index in [0.717, 1.165) is 56.2 Å². The molecule has 0 fully saturated rings. The Kier molecular flexibility index (Phi) is 5.20. The van der Waals surface area contributed by atoms with Gasteiger partial charge in [-0.1, -0.05) is 18.2 Å². The predicted molar refractivity (Wildman–Crippen MR) is 123 cm³/mol. The van der Waals surface area contributed by atoms with E-state index in [1.54, 1.807) is 6.07 Å². The zero-order valence-corrected chi connectivity index (χ0v) is 17.5. The van der Waals surface area contributed by atoms with E-state index >= 15 is 0 Å². The highest BCUT2D eigenvalue weighted by Crippen LogP contribution is 2.32. The summed E-state index contributed by atoms with van der Waals surface area (Å²) >= 11 is 0. The number of aromatic amines is 1. The fourth-order valence-corrected chi connectivity index (χ4v) is 4.82. The summed E-state index contributed by atoms with van der Waals surface area (Å²) in [5.41, 5.74) is 13.2. The molecule has 158 valence electrons. The first kappa shape index (κ1) is 19.8. The number of rotatable bonds is 5. The molecule has 0 unspecified atom stereocenters. The van der Waals surface area contributed by atoms with Gasteiger partial charge in [-0.15, -0.1) is 0 Å². The summed E-state index contributed by atoms with van der Waals surface area (Å²) in [6.45, 7) is 2.94. The van der Waals surface area contributed by atoms with Crippen molar-refractivity contribution in [3.8, 4) is 0 Å². The van der Waals surface area contributed by atoms with Gasteiger partial charge >= 0.3 is 0 Å². The van der Waals surface area contributed by atoms with Crippen molar-refractivity contribution in [3.63, 3.8) is 0 Å². The van der Waals surface area contributed by atoms with Crippen LogP contribution in [0.15, 0.2) is 54.7 Å². The van der Waals surface area contributed by atoms with Crippen LogP contribution < -0.4 is 5.73 Å². The molecular formula is C26H26FN3O. The molecule has 0 radical (unpaired) electrons. The number of aromatic nitrogens is 1. The van der Waals surface area contributed by atoms with E-state index in [2.05, 4.69) is 28.1 Å². The van der Waals surface area contributed by atoms with E-state index in [9.17, 15) is 9.18 Å². The lowest BCUT2D eigenvalue weighted by Gasteiger charge is -2.27. The molecular weight excluding hydrogens is 389 g/mol. The van der Waals surface area contributed by atoms with Crippen LogP contribution in [0.3, 0.4) is 0 Å². The monoisotopic (exact) mass is 415 g/mol. The highest BCUT2D eigenvalue weighted by molar-refractivity contribution is 5.94. The third-order valence-corrected chi connectivity index (χ3v) is 6.52. The number of nitrogens with zero attached hydrogens (tertiary/aromatic N) is 1. The number of fused-ring (bicyclic) bond motifs is 2. The van der Waals surface area contributed by atoms with Crippen molar-refractivity contribution in [2.75, 3.05) is 19.6 Å². The summed E-state index contributed by atoms with van der Waals surface area (Å²) in [5.74, 6) is -0.579. The Morgan fingerprint density at radius 3 is 2.81 bits per heavy atom. The minimum atomic E-state index is -0.366. The molecule has 5 rings (SSSR count). The average molecular weight is 416 g/mol. The second-order valence-corrected chi connectivity index (χ2v) is 8.43. The number of halogens is 1. The van der Waals surface area contributed by atoms with Gasteiger partial charge in [-0.05, 0) is 78.3 Å². The number of hydrogen-bond donors (Lipinski definition) is 2. The molecule has 4 nitrogen and oxygen atoms in total. The van der Waals surface area contributed by atoms with Gasteiger partial charge in [-0.25, -0.2) is 4.39 Å². The van der Waals surface area contributed by atoms with E-state index in [1.807, 2.05) is 24.4 Å². The molecule has 1 aliphatic carbocycles. The number of hydrogen-bond acceptors (Lipinski definition) is 2. The fraction of sp³-hybridized carbons (Fsp3) is 0.269. The number of amides is 1. The van der Waals surface area contributed by atoms with E-state index in [-0.39, 0.29) is 11.7 Å². The quantitative estimate of drug-likeness (QED) is 0.622. The summed E-state index contributed by atoms with van der Waals surface area (Å²) in [6, 6.07) is 10.8. The van der Waals surface area contributed by atoms with Crippen molar-refractivity contribution in [3.05, 3.63) is 82.8 Å².